The minimum absolute atomic E-state index is 0.0228. The lowest BCUT2D eigenvalue weighted by Crippen LogP contribution is -2.42. The van der Waals surface area contributed by atoms with Gasteiger partial charge in [-0.2, -0.15) is 0 Å². The Balaban J connectivity index is 1.32. The number of aromatic nitrogens is 1. The molecule has 6 nitrogen and oxygen atoms in total. The van der Waals surface area contributed by atoms with Gasteiger partial charge >= 0.3 is 0 Å². The Morgan fingerprint density at radius 3 is 2.63 bits per heavy atom. The summed E-state index contributed by atoms with van der Waals surface area (Å²) in [6.07, 6.45) is 7.05. The third-order valence-electron chi connectivity index (χ3n) is 8.00. The van der Waals surface area contributed by atoms with Crippen molar-refractivity contribution in [1.82, 2.24) is 9.88 Å². The summed E-state index contributed by atoms with van der Waals surface area (Å²) >= 11 is 1.43. The smallest absolute Gasteiger partial charge is 0.266 e. The van der Waals surface area contributed by atoms with Gasteiger partial charge in [0.15, 0.2) is 5.17 Å². The van der Waals surface area contributed by atoms with Gasteiger partial charge in [-0.05, 0) is 104 Å². The van der Waals surface area contributed by atoms with Crippen molar-refractivity contribution in [1.29, 1.82) is 0 Å². The Labute approximate surface area is 245 Å². The molecule has 41 heavy (non-hydrogen) atoms. The van der Waals surface area contributed by atoms with Crippen LogP contribution in [0.5, 0.6) is 5.75 Å². The highest BCUT2D eigenvalue weighted by atomic mass is 32.2. The van der Waals surface area contributed by atoms with Crippen molar-refractivity contribution in [3.8, 4) is 5.75 Å². The minimum atomic E-state index is -0.0492. The molecule has 2 aliphatic rings. The molecule has 0 spiro atoms. The van der Waals surface area contributed by atoms with E-state index in [0.29, 0.717) is 16.6 Å². The number of benzene rings is 3. The number of anilines is 1. The number of hydrogen-bond donors (Lipinski definition) is 1. The Hall–Kier alpha value is -4.23. The zero-order valence-electron chi connectivity index (χ0n) is 24.1. The van der Waals surface area contributed by atoms with Crippen molar-refractivity contribution >= 4 is 56.8 Å². The molecule has 4 aromatic rings. The molecule has 0 bridgehead atoms. The molecule has 3 aromatic carbocycles. The van der Waals surface area contributed by atoms with E-state index < -0.39 is 0 Å². The summed E-state index contributed by atoms with van der Waals surface area (Å²) in [6, 6.07) is 22.3. The number of nitrogens with one attached hydrogen (secondary N) is 1. The van der Waals surface area contributed by atoms with Crippen LogP contribution in [-0.2, 0) is 11.2 Å². The highest BCUT2D eigenvalue weighted by Crippen LogP contribution is 2.40. The second kappa shape index (κ2) is 10.6. The molecule has 1 fully saturated rings. The number of likely N-dealkylation sites (N-methyl/N-ethyl adjacent to an activating group) is 1. The maximum atomic E-state index is 13.8. The molecule has 6 rings (SSSR count). The van der Waals surface area contributed by atoms with Gasteiger partial charge in [0.2, 0.25) is 0 Å². The molecule has 0 unspecified atom stereocenters. The highest BCUT2D eigenvalue weighted by molar-refractivity contribution is 8.18. The number of H-pyrrole nitrogens is 1. The van der Waals surface area contributed by atoms with Gasteiger partial charge in [-0.1, -0.05) is 30.3 Å². The topological polar surface area (TPSA) is 60.9 Å². The van der Waals surface area contributed by atoms with Crippen molar-refractivity contribution in [3.05, 3.63) is 101 Å². The summed E-state index contributed by atoms with van der Waals surface area (Å²) in [5, 5.41) is 1.86. The number of hydrogen-bond acceptors (Lipinski definition) is 5. The van der Waals surface area contributed by atoms with E-state index >= 15 is 0 Å². The Morgan fingerprint density at radius 2 is 1.85 bits per heavy atom. The number of para-hydroxylation sites is 1. The molecule has 2 aliphatic heterocycles. The summed E-state index contributed by atoms with van der Waals surface area (Å²) in [7, 11) is 3.77. The molecule has 0 atom stereocenters. The van der Waals surface area contributed by atoms with E-state index in [4.69, 9.17) is 9.73 Å². The van der Waals surface area contributed by atoms with Crippen LogP contribution in [0.4, 0.5) is 11.4 Å². The van der Waals surface area contributed by atoms with Crippen LogP contribution in [0.3, 0.4) is 0 Å². The monoisotopic (exact) mass is 562 g/mol. The van der Waals surface area contributed by atoms with Crippen molar-refractivity contribution in [3.63, 3.8) is 0 Å². The van der Waals surface area contributed by atoms with Crippen LogP contribution in [0.2, 0.25) is 0 Å². The van der Waals surface area contributed by atoms with Crippen LogP contribution < -0.4 is 9.64 Å². The number of amides is 1. The largest absolute Gasteiger partial charge is 0.497 e. The average Bonchev–Trinajstić information content (AvgIpc) is 3.51. The van der Waals surface area contributed by atoms with E-state index in [1.165, 1.54) is 39.5 Å². The van der Waals surface area contributed by atoms with Gasteiger partial charge in [-0.15, -0.1) is 0 Å². The van der Waals surface area contributed by atoms with E-state index in [2.05, 4.69) is 74.1 Å². The fraction of sp³-hybridized carbons (Fsp3) is 0.235. The van der Waals surface area contributed by atoms with Gasteiger partial charge in [0.1, 0.15) is 5.75 Å². The highest BCUT2D eigenvalue weighted by Gasteiger charge is 2.34. The lowest BCUT2D eigenvalue weighted by molar-refractivity contribution is -0.122. The molecule has 3 heterocycles. The summed E-state index contributed by atoms with van der Waals surface area (Å²) in [6.45, 7) is 7.13. The second-order valence-electron chi connectivity index (χ2n) is 11.1. The van der Waals surface area contributed by atoms with Crippen molar-refractivity contribution < 1.29 is 9.53 Å². The maximum Gasteiger partial charge on any atom is 0.266 e. The number of amidine groups is 1. The third-order valence-corrected chi connectivity index (χ3v) is 9.01. The van der Waals surface area contributed by atoms with Gasteiger partial charge in [-0.3, -0.25) is 9.69 Å². The summed E-state index contributed by atoms with van der Waals surface area (Å²) in [5.74, 6) is 0.747. The Bertz CT molecular complexity index is 1730. The minimum Gasteiger partial charge on any atom is -0.497 e. The molecule has 1 saturated heterocycles. The van der Waals surface area contributed by atoms with E-state index in [1.54, 1.807) is 7.11 Å². The molecule has 0 saturated carbocycles. The number of methoxy groups -OCH3 is 1. The predicted molar refractivity (Wildman–Crippen MR) is 172 cm³/mol. The number of nitrogens with zero attached hydrogens (tertiary/aromatic N) is 3. The van der Waals surface area contributed by atoms with Crippen LogP contribution in [-0.4, -0.2) is 47.2 Å². The average molecular weight is 563 g/mol. The number of aromatic amines is 1. The molecule has 0 radical (unpaired) electrons. The molecular weight excluding hydrogens is 528 g/mol. The fourth-order valence-electron chi connectivity index (χ4n) is 5.54. The molecule has 1 aromatic heterocycles. The van der Waals surface area contributed by atoms with Crippen LogP contribution in [0, 0.1) is 0 Å². The molecule has 1 amide bonds. The van der Waals surface area contributed by atoms with E-state index in [9.17, 15) is 4.79 Å². The third kappa shape index (κ3) is 5.18. The number of allylic oxidation sites excluding steroid dienone is 1. The molecule has 7 heteroatoms. The van der Waals surface area contributed by atoms with Gasteiger partial charge in [0.25, 0.3) is 5.91 Å². The molecule has 0 aliphatic carbocycles. The number of ether oxygens (including phenoxy) is 1. The number of carbonyl (C=O) groups excluding carboxylic acids is 1. The van der Waals surface area contributed by atoms with E-state index in [-0.39, 0.29) is 11.4 Å². The number of carbonyl (C=O) groups is 1. The van der Waals surface area contributed by atoms with Crippen LogP contribution in [0.1, 0.15) is 37.5 Å². The molecule has 208 valence electrons. The summed E-state index contributed by atoms with van der Waals surface area (Å²) in [4.78, 5) is 26.8. The first-order valence-electron chi connectivity index (χ1n) is 13.8. The Kier molecular flexibility index (Phi) is 6.99. The number of aliphatic imine (C=N–C) groups is 1. The van der Waals surface area contributed by atoms with E-state index in [1.807, 2.05) is 53.6 Å². The lowest BCUT2D eigenvalue weighted by atomic mass is 9.88. The SMILES string of the molecule is COc1ccc(N=C2S/C(=C/c3ccc4c(c3)C(C)=CC(C)(C)N4C)C(=O)N2CCc2c[nH]c3ccccc23)cc1. The molecular formula is C34H34N4O2S. The predicted octanol–water partition coefficient (Wildman–Crippen LogP) is 7.65. The quantitative estimate of drug-likeness (QED) is 0.245. The lowest BCUT2D eigenvalue weighted by Gasteiger charge is -2.40. The van der Waals surface area contributed by atoms with Crippen molar-refractivity contribution in [2.45, 2.75) is 32.7 Å². The first-order chi connectivity index (χ1) is 19.7. The zero-order chi connectivity index (χ0) is 28.7. The normalized spacial score (nSPS) is 18.4. The number of fused-ring (bicyclic) bond motifs is 2. The van der Waals surface area contributed by atoms with Gasteiger partial charge in [-0.25, -0.2) is 4.99 Å². The van der Waals surface area contributed by atoms with Crippen molar-refractivity contribution in [2.75, 3.05) is 25.6 Å². The fourth-order valence-corrected chi connectivity index (χ4v) is 6.57. The molecule has 1 N–H and O–H groups in total. The first kappa shape index (κ1) is 27.0. The van der Waals surface area contributed by atoms with Crippen LogP contribution in [0.15, 0.2) is 88.9 Å². The van der Waals surface area contributed by atoms with Crippen LogP contribution in [0.25, 0.3) is 22.6 Å². The maximum absolute atomic E-state index is 13.8. The van der Waals surface area contributed by atoms with Gasteiger partial charge in [0, 0.05) is 41.9 Å². The number of rotatable bonds is 6. The van der Waals surface area contributed by atoms with Gasteiger partial charge < -0.3 is 14.6 Å². The van der Waals surface area contributed by atoms with Crippen molar-refractivity contribution in [2.24, 2.45) is 4.99 Å². The Morgan fingerprint density at radius 1 is 1.07 bits per heavy atom. The first-order valence-corrected chi connectivity index (χ1v) is 14.6. The van der Waals surface area contributed by atoms with E-state index in [0.717, 1.165) is 28.9 Å². The summed E-state index contributed by atoms with van der Waals surface area (Å²) in [5.41, 5.74) is 7.65. The number of thioether (sulfide) groups is 1. The second-order valence-corrected chi connectivity index (χ2v) is 12.1. The van der Waals surface area contributed by atoms with Gasteiger partial charge in [0.05, 0.1) is 23.2 Å². The standard InChI is InChI=1S/C34H34N4O2S/c1-22-20-34(2,3)37(4)30-15-10-23(18-28(22)30)19-31-32(39)38(17-16-24-21-35-29-9-7-6-8-27(24)29)33(41-31)36-25-11-13-26(40-5)14-12-25/h6-15,18-21,35H,16-17H2,1-5H3/b31-19+,36-33?. The summed E-state index contributed by atoms with van der Waals surface area (Å²) < 4.78 is 5.30. The van der Waals surface area contributed by atoms with Crippen LogP contribution >= 0.6 is 11.8 Å². The zero-order valence-corrected chi connectivity index (χ0v) is 24.9.